The maximum atomic E-state index is 11.2. The number of hydrogen-bond acceptors (Lipinski definition) is 17. The van der Waals surface area contributed by atoms with Gasteiger partial charge in [-0.2, -0.15) is 8.61 Å². The highest BCUT2D eigenvalue weighted by molar-refractivity contribution is 7.91. The summed E-state index contributed by atoms with van der Waals surface area (Å²) in [6.07, 6.45) is 5.99. The van der Waals surface area contributed by atoms with E-state index in [9.17, 15) is 44.4 Å². The molecule has 0 aromatic rings. The summed E-state index contributed by atoms with van der Waals surface area (Å²) in [5.74, 6) is 1.42. The van der Waals surface area contributed by atoms with Crippen LogP contribution in [0.25, 0.3) is 0 Å². The summed E-state index contributed by atoms with van der Waals surface area (Å²) in [4.78, 5) is 60.6. The number of β-amino-alcohol motifs (C(OH)–C–C–N with tert-alkyl or cyclic N) is 1. The molecular weight excluding hydrogens is 1150 g/mol. The normalized spacial score (nSPS) is 22.8. The highest BCUT2D eigenvalue weighted by atomic mass is 32.2. The molecule has 8 rings (SSSR count). The number of likely N-dealkylation sites (tertiary alicyclic amines) is 2. The van der Waals surface area contributed by atoms with Gasteiger partial charge in [0.25, 0.3) is 0 Å². The number of carbonyl (C=O) groups is 4. The van der Waals surface area contributed by atoms with Crippen LogP contribution in [0.2, 0.25) is 0 Å². The van der Waals surface area contributed by atoms with Gasteiger partial charge in [0, 0.05) is 179 Å². The van der Waals surface area contributed by atoms with Crippen molar-refractivity contribution >= 4 is 53.6 Å². The molecule has 8 fully saturated rings. The number of piperazine rings is 3. The summed E-state index contributed by atoms with van der Waals surface area (Å²) in [6, 6.07) is 3.15. The molecule has 26 heteroatoms. The van der Waals surface area contributed by atoms with Crippen LogP contribution >= 0.6 is 0 Å². The fourth-order valence-corrected chi connectivity index (χ4v) is 14.2. The van der Waals surface area contributed by atoms with Crippen LogP contribution < -0.4 is 10.6 Å². The van der Waals surface area contributed by atoms with Crippen molar-refractivity contribution in [2.45, 2.75) is 212 Å². The minimum atomic E-state index is -2.97. The predicted molar refractivity (Wildman–Crippen MR) is 347 cm³/mol. The Balaban J connectivity index is 0.000000950. The Bertz CT molecular complexity index is 2190. The quantitative estimate of drug-likeness (QED) is 0.278. The van der Waals surface area contributed by atoms with Gasteiger partial charge in [0.2, 0.25) is 37.8 Å². The van der Waals surface area contributed by atoms with Crippen molar-refractivity contribution in [3.8, 4) is 0 Å². The Morgan fingerprint density at radius 3 is 1.27 bits per heavy atom. The lowest BCUT2D eigenvalue weighted by atomic mass is 10.1. The van der Waals surface area contributed by atoms with E-state index in [-0.39, 0.29) is 50.0 Å². The number of nitrogens with zero attached hydrogens (tertiary/aromatic N) is 10. The summed E-state index contributed by atoms with van der Waals surface area (Å²) >= 11 is 0. The maximum absolute atomic E-state index is 11.2. The molecule has 0 bridgehead atoms. The van der Waals surface area contributed by atoms with Gasteiger partial charge in [-0.25, -0.2) is 30.0 Å². The number of nitrogens with one attached hydrogen (secondary N) is 2. The summed E-state index contributed by atoms with van der Waals surface area (Å²) < 4.78 is 69.7. The van der Waals surface area contributed by atoms with E-state index in [1.165, 1.54) is 30.7 Å². The lowest BCUT2D eigenvalue weighted by Crippen LogP contribution is -2.50. The number of sulfone groups is 1. The second-order valence-corrected chi connectivity index (χ2v) is 31.5. The van der Waals surface area contributed by atoms with Crippen LogP contribution in [0, 0.1) is 0 Å². The molecule has 1 unspecified atom stereocenters. The molecule has 8 heterocycles. The van der Waals surface area contributed by atoms with Crippen LogP contribution in [0.5, 0.6) is 0 Å². The molecule has 0 saturated carbocycles. The van der Waals surface area contributed by atoms with Crippen molar-refractivity contribution in [3.63, 3.8) is 0 Å². The van der Waals surface area contributed by atoms with Crippen molar-refractivity contribution in [1.29, 1.82) is 0 Å². The molecule has 0 aliphatic carbocycles. The second kappa shape index (κ2) is 40.9. The SMILES string of the molecule is C.CC(=O)N1CCN(C(C)C)CC1.CC(C)N1C(=O)CNC1=O.CC(C)N1CCC(O)C1.CC(C)N1CCCCC1=O.CC(C)N1CCCS1(=O)=O.CC(C)N1CCN(S(C)(=O)=O)CC1.CC(C)N1CCNCC1.CC(C)N1CCS(=O)(=O)CC1. The molecule has 0 aromatic heterocycles. The van der Waals surface area contributed by atoms with Crippen LogP contribution in [0.1, 0.15) is 157 Å². The van der Waals surface area contributed by atoms with Crippen molar-refractivity contribution in [1.82, 2.24) is 58.4 Å². The Hall–Kier alpha value is -2.63. The Morgan fingerprint density at radius 1 is 0.529 bits per heavy atom. The zero-order valence-corrected chi connectivity index (χ0v) is 58.0. The number of carbonyl (C=O) groups excluding carboxylic acids is 4. The number of piperidine rings is 1. The predicted octanol–water partition coefficient (Wildman–Crippen LogP) is 3.84. The van der Waals surface area contributed by atoms with E-state index in [0.29, 0.717) is 86.1 Å². The Morgan fingerprint density at radius 2 is 0.988 bits per heavy atom. The third kappa shape index (κ3) is 32.6. The lowest BCUT2D eigenvalue weighted by Gasteiger charge is -2.36. The van der Waals surface area contributed by atoms with E-state index in [2.05, 4.69) is 118 Å². The van der Waals surface area contributed by atoms with Gasteiger partial charge in [0.15, 0.2) is 9.84 Å². The molecular formula is C59H124N12O11S3. The smallest absolute Gasteiger partial charge is 0.324 e. The zero-order valence-electron chi connectivity index (χ0n) is 55.5. The highest BCUT2D eigenvalue weighted by Crippen LogP contribution is 2.17. The summed E-state index contributed by atoms with van der Waals surface area (Å²) in [7, 11) is -8.51. The van der Waals surface area contributed by atoms with Crippen LogP contribution in [-0.4, -0.2) is 304 Å². The number of aliphatic hydroxyl groups is 1. The first-order valence-electron chi connectivity index (χ1n) is 31.3. The molecule has 8 saturated heterocycles. The third-order valence-corrected chi connectivity index (χ3v) is 21.0. The number of hydrogen-bond donors (Lipinski definition) is 3. The van der Waals surface area contributed by atoms with Gasteiger partial charge in [-0.3, -0.25) is 43.8 Å². The Kier molecular flexibility index (Phi) is 39.6. The van der Waals surface area contributed by atoms with E-state index >= 15 is 0 Å². The topological polar surface area (TPSA) is 247 Å². The van der Waals surface area contributed by atoms with E-state index in [4.69, 9.17) is 5.11 Å². The van der Waals surface area contributed by atoms with Crippen LogP contribution in [0.4, 0.5) is 4.79 Å². The van der Waals surface area contributed by atoms with E-state index in [1.807, 2.05) is 37.5 Å². The van der Waals surface area contributed by atoms with Gasteiger partial charge < -0.3 is 25.5 Å². The average molecular weight is 1270 g/mol. The van der Waals surface area contributed by atoms with Crippen LogP contribution in [0.3, 0.4) is 0 Å². The minimum Gasteiger partial charge on any atom is -0.392 e. The van der Waals surface area contributed by atoms with E-state index < -0.39 is 29.9 Å². The largest absolute Gasteiger partial charge is 0.392 e. The molecule has 8 aliphatic rings. The van der Waals surface area contributed by atoms with Crippen molar-refractivity contribution in [3.05, 3.63) is 0 Å². The number of sulfonamides is 2. The lowest BCUT2D eigenvalue weighted by molar-refractivity contribution is -0.135. The van der Waals surface area contributed by atoms with Gasteiger partial charge in [-0.1, -0.05) is 7.43 Å². The number of aliphatic hydroxyl groups excluding tert-OH is 1. The molecule has 504 valence electrons. The fourth-order valence-electron chi connectivity index (χ4n) is 10.4. The van der Waals surface area contributed by atoms with Gasteiger partial charge in [-0.05, 0) is 136 Å². The average Bonchev–Trinajstić information content (AvgIpc) is 4.29. The molecule has 23 nitrogen and oxygen atoms in total. The first-order valence-corrected chi connectivity index (χ1v) is 36.6. The molecule has 0 aromatic carbocycles. The Labute approximate surface area is 518 Å². The first-order chi connectivity index (χ1) is 38.9. The summed E-state index contributed by atoms with van der Waals surface area (Å²) in [5.41, 5.74) is 0. The minimum absolute atomic E-state index is 0. The summed E-state index contributed by atoms with van der Waals surface area (Å²) in [5, 5.41) is 14.9. The molecule has 3 N–H and O–H groups in total. The number of amides is 5. The fraction of sp³-hybridized carbons (Fsp3) is 0.932. The van der Waals surface area contributed by atoms with E-state index in [0.717, 1.165) is 104 Å². The van der Waals surface area contributed by atoms with E-state index in [1.54, 1.807) is 15.5 Å². The van der Waals surface area contributed by atoms with Crippen molar-refractivity contribution < 1.29 is 49.5 Å². The van der Waals surface area contributed by atoms with Gasteiger partial charge in [0.05, 0.1) is 36.2 Å². The molecule has 0 radical (unpaired) electrons. The molecule has 5 amide bonds. The third-order valence-electron chi connectivity index (χ3n) is 16.0. The monoisotopic (exact) mass is 1270 g/mol. The van der Waals surface area contributed by atoms with Crippen molar-refractivity contribution in [2.24, 2.45) is 0 Å². The van der Waals surface area contributed by atoms with Gasteiger partial charge >= 0.3 is 6.03 Å². The van der Waals surface area contributed by atoms with Gasteiger partial charge in [0.1, 0.15) is 0 Å². The standard InChI is InChI=1S/C9H18N2O.C8H18N2O2S.C8H15NO.C7H16N2.C7H15NO2S.C7H15NO.C6H10N2O2.C6H13NO2S.CH4/c1-8(2)10-4-6-11(7-5-10)9(3)12;1-8(2)9-4-6-10(7-5-9)13(3,11)12;1-7(2)9-6-4-3-5-8(9)10;1-7(2)9-5-3-8-4-6-9;1-7(2)8-3-5-11(9,10)6-4-8;1-6(2)8-4-3-7(9)5-8;1-4(2)8-5(9)3-7-6(8)10;1-6(2)7-4-3-5-10(7,8)9;/h8H,4-7H2,1-3H3;8H,4-7H2,1-3H3;7H,3-6H2,1-2H3;7-8H,3-6H2,1-2H3;7H,3-6H2,1-2H3;6-7,9H,3-5H2,1-2H3;4H,3H2,1-2H3,(H,7,10);6H,3-5H2,1-2H3;1H4. The molecule has 8 aliphatic heterocycles. The molecule has 0 spiro atoms. The number of urea groups is 1. The first kappa shape index (κ1) is 82.4. The second-order valence-electron chi connectivity index (χ2n) is 25.1. The highest BCUT2D eigenvalue weighted by Gasteiger charge is 2.32. The zero-order chi connectivity index (χ0) is 64.3. The molecule has 85 heavy (non-hydrogen) atoms. The number of imide groups is 1. The van der Waals surface area contributed by atoms with Crippen LogP contribution in [0.15, 0.2) is 0 Å². The molecule has 1 atom stereocenters. The summed E-state index contributed by atoms with van der Waals surface area (Å²) in [6.45, 7) is 51.7. The number of rotatable bonds is 9. The van der Waals surface area contributed by atoms with Crippen molar-refractivity contribution in [2.75, 3.05) is 148 Å². The van der Waals surface area contributed by atoms with Gasteiger partial charge in [-0.15, -0.1) is 0 Å². The maximum Gasteiger partial charge on any atom is 0.324 e. The van der Waals surface area contributed by atoms with Crippen LogP contribution in [-0.2, 0) is 44.3 Å².